The normalized spacial score (nSPS) is 14.0. The van der Waals surface area contributed by atoms with Crippen LogP contribution in [-0.4, -0.2) is 24.2 Å². The second-order valence-corrected chi connectivity index (χ2v) is 11.9. The highest BCUT2D eigenvalue weighted by atomic mass is 32.1. The Morgan fingerprint density at radius 3 is 2.44 bits per heavy atom. The second-order valence-electron chi connectivity index (χ2n) is 10.9. The van der Waals surface area contributed by atoms with Crippen molar-refractivity contribution in [2.75, 3.05) is 19.0 Å². The van der Waals surface area contributed by atoms with Crippen molar-refractivity contribution in [3.8, 4) is 23.3 Å². The van der Waals surface area contributed by atoms with Crippen molar-refractivity contribution in [1.82, 2.24) is 4.57 Å². The van der Waals surface area contributed by atoms with Crippen LogP contribution in [0.3, 0.4) is 0 Å². The Hall–Kier alpha value is -5.92. The summed E-state index contributed by atoms with van der Waals surface area (Å²) in [5.41, 5.74) is 4.05. The number of nitrogens with zero attached hydrogens (tertiary/aromatic N) is 3. The number of anilines is 1. The molecule has 6 rings (SSSR count). The van der Waals surface area contributed by atoms with Gasteiger partial charge in [0.15, 0.2) is 16.3 Å². The number of hydrogen-bond donors (Lipinski definition) is 1. The highest BCUT2D eigenvalue weighted by Crippen LogP contribution is 2.34. The van der Waals surface area contributed by atoms with Crippen LogP contribution in [-0.2, 0) is 11.4 Å². The van der Waals surface area contributed by atoms with E-state index in [2.05, 4.69) is 11.4 Å². The van der Waals surface area contributed by atoms with E-state index in [1.54, 1.807) is 42.9 Å². The van der Waals surface area contributed by atoms with Gasteiger partial charge in [0.05, 0.1) is 47.2 Å². The molecule has 1 aromatic heterocycles. The topological polar surface area (TPSA) is 115 Å². The molecule has 1 amide bonds. The number of methoxy groups -OCH3 is 1. The van der Waals surface area contributed by atoms with Gasteiger partial charge >= 0.3 is 0 Å². The predicted molar refractivity (Wildman–Crippen MR) is 185 cm³/mol. The van der Waals surface area contributed by atoms with Crippen molar-refractivity contribution in [3.63, 3.8) is 0 Å². The standard InChI is InChI=1S/C38H32N4O5S/c1-4-46-30-19-17-27(18-20-30)34-33(36(43)41-29-10-6-5-7-11-29)24(2)40-38-42(34)37(44)32(48-38)21-28-9-8-12-31(45-3)35(28)47-23-26-15-13-25(22-39)14-16-26/h5-21,34H,4,23H2,1-3H3,(H,41,43)/b32-21-/t34-/m1/s1. The fourth-order valence-electron chi connectivity index (χ4n) is 5.49. The summed E-state index contributed by atoms with van der Waals surface area (Å²) in [5.74, 6) is 1.32. The van der Waals surface area contributed by atoms with Gasteiger partial charge in [0.25, 0.3) is 11.5 Å². The number of hydrogen-bond acceptors (Lipinski definition) is 8. The van der Waals surface area contributed by atoms with E-state index in [-0.39, 0.29) is 18.1 Å². The number of rotatable bonds is 10. The number of nitriles is 1. The molecular weight excluding hydrogens is 625 g/mol. The smallest absolute Gasteiger partial charge is 0.271 e. The Labute approximate surface area is 281 Å². The lowest BCUT2D eigenvalue weighted by Gasteiger charge is -2.25. The van der Waals surface area contributed by atoms with Gasteiger partial charge in [-0.1, -0.05) is 65.9 Å². The summed E-state index contributed by atoms with van der Waals surface area (Å²) in [6, 6.07) is 30.6. The van der Waals surface area contributed by atoms with Gasteiger partial charge in [-0.3, -0.25) is 14.2 Å². The second kappa shape index (κ2) is 14.2. The van der Waals surface area contributed by atoms with Gasteiger partial charge < -0.3 is 19.5 Å². The first-order valence-electron chi connectivity index (χ1n) is 15.3. The molecule has 2 heterocycles. The Balaban J connectivity index is 1.44. The molecule has 10 heteroatoms. The Bertz CT molecular complexity index is 2210. The third-order valence-electron chi connectivity index (χ3n) is 7.79. The van der Waals surface area contributed by atoms with E-state index in [4.69, 9.17) is 24.5 Å². The van der Waals surface area contributed by atoms with E-state index < -0.39 is 6.04 Å². The number of amides is 1. The minimum absolute atomic E-state index is 0.227. The highest BCUT2D eigenvalue weighted by Gasteiger charge is 2.32. The molecular formula is C38H32N4O5S. The first-order valence-corrected chi connectivity index (χ1v) is 16.1. The first-order chi connectivity index (χ1) is 23.4. The monoisotopic (exact) mass is 656 g/mol. The summed E-state index contributed by atoms with van der Waals surface area (Å²) in [4.78, 5) is 33.4. The molecule has 1 N–H and O–H groups in total. The Morgan fingerprint density at radius 2 is 1.75 bits per heavy atom. The lowest BCUT2D eigenvalue weighted by atomic mass is 9.95. The molecule has 0 saturated heterocycles. The van der Waals surface area contributed by atoms with E-state index in [0.29, 0.717) is 61.3 Å². The molecule has 48 heavy (non-hydrogen) atoms. The van der Waals surface area contributed by atoms with Crippen LogP contribution in [0.4, 0.5) is 5.69 Å². The van der Waals surface area contributed by atoms with Crippen LogP contribution in [0.2, 0.25) is 0 Å². The molecule has 1 aliphatic heterocycles. The number of nitrogens with one attached hydrogen (secondary N) is 1. The maximum absolute atomic E-state index is 14.3. The van der Waals surface area contributed by atoms with Crippen LogP contribution < -0.4 is 34.4 Å². The predicted octanol–water partition coefficient (Wildman–Crippen LogP) is 5.73. The van der Waals surface area contributed by atoms with Crippen LogP contribution in [0.1, 0.15) is 42.1 Å². The third-order valence-corrected chi connectivity index (χ3v) is 8.77. The minimum Gasteiger partial charge on any atom is -0.494 e. The SMILES string of the molecule is CCOc1ccc([C@@H]2C(C(=O)Nc3ccccc3)=C(C)N=c3s/c(=C\c4cccc(OC)c4OCc4ccc(C#N)cc4)c(=O)n32)cc1. The average Bonchev–Trinajstić information content (AvgIpc) is 3.41. The zero-order valence-electron chi connectivity index (χ0n) is 26.6. The molecule has 0 bridgehead atoms. The van der Waals surface area contributed by atoms with Gasteiger partial charge in [0, 0.05) is 11.3 Å². The molecule has 9 nitrogen and oxygen atoms in total. The van der Waals surface area contributed by atoms with E-state index in [1.165, 1.54) is 11.3 Å². The number of thiazole rings is 1. The van der Waals surface area contributed by atoms with E-state index in [9.17, 15) is 9.59 Å². The fourth-order valence-corrected chi connectivity index (χ4v) is 6.53. The number of fused-ring (bicyclic) bond motifs is 1. The number of carbonyl (C=O) groups is 1. The van der Waals surface area contributed by atoms with Crippen molar-refractivity contribution < 1.29 is 19.0 Å². The van der Waals surface area contributed by atoms with E-state index in [0.717, 1.165) is 11.1 Å². The summed E-state index contributed by atoms with van der Waals surface area (Å²) in [7, 11) is 1.56. The van der Waals surface area contributed by atoms with Crippen LogP contribution >= 0.6 is 11.3 Å². The Morgan fingerprint density at radius 1 is 1.00 bits per heavy atom. The molecule has 0 unspecified atom stereocenters. The number of allylic oxidation sites excluding steroid dienone is 1. The molecule has 0 fully saturated rings. The maximum atomic E-state index is 14.3. The fraction of sp³-hybridized carbons (Fsp3) is 0.158. The van der Waals surface area contributed by atoms with Crippen molar-refractivity contribution in [3.05, 3.63) is 150 Å². The van der Waals surface area contributed by atoms with Crippen molar-refractivity contribution >= 4 is 29.0 Å². The van der Waals surface area contributed by atoms with Crippen LogP contribution in [0.5, 0.6) is 17.2 Å². The van der Waals surface area contributed by atoms with Crippen molar-refractivity contribution in [2.24, 2.45) is 4.99 Å². The van der Waals surface area contributed by atoms with Crippen molar-refractivity contribution in [1.29, 1.82) is 5.26 Å². The number of ether oxygens (including phenoxy) is 3. The van der Waals surface area contributed by atoms with Gasteiger partial charge in [-0.25, -0.2) is 4.99 Å². The summed E-state index contributed by atoms with van der Waals surface area (Å²) in [6.07, 6.45) is 1.76. The van der Waals surface area contributed by atoms with Crippen LogP contribution in [0.25, 0.3) is 6.08 Å². The summed E-state index contributed by atoms with van der Waals surface area (Å²) < 4.78 is 19.5. The van der Waals surface area contributed by atoms with E-state index in [1.807, 2.05) is 85.8 Å². The van der Waals surface area contributed by atoms with Gasteiger partial charge in [-0.15, -0.1) is 0 Å². The summed E-state index contributed by atoms with van der Waals surface area (Å²) in [6.45, 7) is 4.44. The van der Waals surface area contributed by atoms with Gasteiger partial charge in [0.2, 0.25) is 0 Å². The lowest BCUT2D eigenvalue weighted by Crippen LogP contribution is -2.40. The number of carbonyl (C=O) groups excluding carboxylic acids is 1. The molecule has 5 aromatic rings. The Kier molecular flexibility index (Phi) is 9.50. The molecule has 0 radical (unpaired) electrons. The lowest BCUT2D eigenvalue weighted by molar-refractivity contribution is -0.113. The average molecular weight is 657 g/mol. The molecule has 1 atom stereocenters. The van der Waals surface area contributed by atoms with Gasteiger partial charge in [-0.2, -0.15) is 5.26 Å². The largest absolute Gasteiger partial charge is 0.494 e. The molecule has 240 valence electrons. The summed E-state index contributed by atoms with van der Waals surface area (Å²) >= 11 is 1.24. The number of para-hydroxylation sites is 2. The van der Waals surface area contributed by atoms with Crippen LogP contribution in [0, 0.1) is 11.3 Å². The number of aromatic nitrogens is 1. The molecule has 1 aliphatic rings. The molecule has 0 aliphatic carbocycles. The summed E-state index contributed by atoms with van der Waals surface area (Å²) in [5, 5.41) is 12.1. The molecule has 0 spiro atoms. The molecule has 4 aromatic carbocycles. The quantitative estimate of drug-likeness (QED) is 0.205. The van der Waals surface area contributed by atoms with Crippen molar-refractivity contribution in [2.45, 2.75) is 26.5 Å². The highest BCUT2D eigenvalue weighted by molar-refractivity contribution is 7.07. The zero-order valence-corrected chi connectivity index (χ0v) is 27.4. The van der Waals surface area contributed by atoms with Gasteiger partial charge in [-0.05, 0) is 73.5 Å². The van der Waals surface area contributed by atoms with E-state index >= 15 is 0 Å². The van der Waals surface area contributed by atoms with Crippen LogP contribution in [0.15, 0.2) is 118 Å². The maximum Gasteiger partial charge on any atom is 0.271 e. The number of benzene rings is 4. The zero-order chi connectivity index (χ0) is 33.6. The molecule has 0 saturated carbocycles. The first kappa shape index (κ1) is 32.0. The van der Waals surface area contributed by atoms with Gasteiger partial charge in [0.1, 0.15) is 12.4 Å². The minimum atomic E-state index is -0.736. The third kappa shape index (κ3) is 6.63.